The fourth-order valence-electron chi connectivity index (χ4n) is 7.98. The molecule has 1 aliphatic heterocycles. The van der Waals surface area contributed by atoms with Gasteiger partial charge in [-0.2, -0.15) is 6.92 Å². The average Bonchev–Trinajstić information content (AvgIpc) is 3.32. The van der Waals surface area contributed by atoms with Crippen LogP contribution in [0.15, 0.2) is 18.7 Å². The molecule has 149 valence electrons. The molecule has 1 spiro atoms. The smallest absolute Gasteiger partial charge is 0 e. The molecule has 1 heterocycles. The van der Waals surface area contributed by atoms with E-state index in [0.29, 0.717) is 16.4 Å². The first kappa shape index (κ1) is 22.2. The SMILES string of the molecule is C=C1CC2CC(C)CCC2(C)C2CCC3(C)C(CCC34[CH-]N4)C12.C=[C-]C.[Y]. The van der Waals surface area contributed by atoms with E-state index in [2.05, 4.69) is 51.9 Å². The van der Waals surface area contributed by atoms with Gasteiger partial charge in [-0.15, -0.1) is 5.54 Å². The first-order valence-corrected chi connectivity index (χ1v) is 11.0. The van der Waals surface area contributed by atoms with Crippen molar-refractivity contribution >= 4 is 0 Å². The zero-order valence-electron chi connectivity index (χ0n) is 18.1. The Kier molecular flexibility index (Phi) is 6.31. The molecule has 1 N–H and O–H groups in total. The van der Waals surface area contributed by atoms with Gasteiger partial charge in [0.1, 0.15) is 0 Å². The molecule has 4 aliphatic carbocycles. The first-order chi connectivity index (χ1) is 12.3. The van der Waals surface area contributed by atoms with E-state index < -0.39 is 0 Å². The van der Waals surface area contributed by atoms with Gasteiger partial charge in [-0.05, 0) is 72.5 Å². The average molecular weight is 443 g/mol. The van der Waals surface area contributed by atoms with Gasteiger partial charge in [0.25, 0.3) is 0 Å². The van der Waals surface area contributed by atoms with E-state index >= 15 is 0 Å². The van der Waals surface area contributed by atoms with Crippen molar-refractivity contribution in [1.29, 1.82) is 0 Å². The summed E-state index contributed by atoms with van der Waals surface area (Å²) in [4.78, 5) is 0. The normalized spacial score (nSPS) is 52.4. The molecule has 1 radical (unpaired) electrons. The van der Waals surface area contributed by atoms with Gasteiger partial charge in [0.15, 0.2) is 0 Å². The van der Waals surface area contributed by atoms with Crippen LogP contribution in [0.5, 0.6) is 0 Å². The Hall–Kier alpha value is 0.544. The summed E-state index contributed by atoms with van der Waals surface area (Å²) >= 11 is 0. The zero-order valence-corrected chi connectivity index (χ0v) is 21.0. The fraction of sp³-hybridized carbons (Fsp3) is 0.800. The number of nitrogens with one attached hydrogen (secondary N) is 1. The monoisotopic (exact) mass is 442 g/mol. The van der Waals surface area contributed by atoms with Crippen LogP contribution >= 0.6 is 0 Å². The van der Waals surface area contributed by atoms with Gasteiger partial charge in [-0.25, -0.2) is 0 Å². The largest absolute Gasteiger partial charge is 0.507 e. The Balaban J connectivity index is 0.000000495. The predicted octanol–water partition coefficient (Wildman–Crippen LogP) is 6.33. The third-order valence-corrected chi connectivity index (χ3v) is 9.64. The van der Waals surface area contributed by atoms with Gasteiger partial charge >= 0.3 is 0 Å². The molecule has 27 heavy (non-hydrogen) atoms. The van der Waals surface area contributed by atoms with E-state index in [1.165, 1.54) is 51.4 Å². The molecule has 4 saturated carbocycles. The van der Waals surface area contributed by atoms with Crippen LogP contribution in [-0.2, 0) is 32.7 Å². The minimum absolute atomic E-state index is 0. The predicted molar refractivity (Wildman–Crippen MR) is 110 cm³/mol. The van der Waals surface area contributed by atoms with Crippen molar-refractivity contribution in [2.75, 3.05) is 0 Å². The maximum atomic E-state index is 4.67. The minimum Gasteiger partial charge on any atom is -0.507 e. The van der Waals surface area contributed by atoms with Crippen LogP contribution in [0.2, 0.25) is 0 Å². The number of hydrogen-bond acceptors (Lipinski definition) is 1. The van der Waals surface area contributed by atoms with Crippen LogP contribution in [0.3, 0.4) is 0 Å². The molecule has 5 fully saturated rings. The van der Waals surface area contributed by atoms with Crippen molar-refractivity contribution in [3.8, 4) is 0 Å². The fourth-order valence-corrected chi connectivity index (χ4v) is 7.98. The number of rotatable bonds is 0. The maximum absolute atomic E-state index is 4.67. The number of hydrogen-bond donors (Lipinski definition) is 1. The van der Waals surface area contributed by atoms with Crippen LogP contribution in [0.1, 0.15) is 79.1 Å². The molecule has 5 aliphatic rings. The van der Waals surface area contributed by atoms with Crippen LogP contribution in [0.4, 0.5) is 0 Å². The van der Waals surface area contributed by atoms with Crippen molar-refractivity contribution in [2.24, 2.45) is 40.4 Å². The summed E-state index contributed by atoms with van der Waals surface area (Å²) in [5.41, 5.74) is 3.15. The van der Waals surface area contributed by atoms with E-state index in [1.54, 1.807) is 12.5 Å². The third-order valence-electron chi connectivity index (χ3n) is 9.64. The Morgan fingerprint density at radius 1 is 1.11 bits per heavy atom. The molecule has 5 rings (SSSR count). The molecule has 1 saturated heterocycles. The van der Waals surface area contributed by atoms with Crippen LogP contribution in [0, 0.1) is 53.0 Å². The van der Waals surface area contributed by atoms with Gasteiger partial charge in [0.2, 0.25) is 0 Å². The van der Waals surface area contributed by atoms with E-state index in [-0.39, 0.29) is 32.7 Å². The van der Waals surface area contributed by atoms with Gasteiger partial charge in [0.05, 0.1) is 0 Å². The third kappa shape index (κ3) is 3.21. The Morgan fingerprint density at radius 3 is 2.37 bits per heavy atom. The molecule has 8 atom stereocenters. The minimum atomic E-state index is 0. The molecule has 0 aromatic carbocycles. The molecule has 0 aromatic heterocycles. The van der Waals surface area contributed by atoms with E-state index in [4.69, 9.17) is 0 Å². The number of allylic oxidation sites excluding steroid dienone is 2. The summed E-state index contributed by atoms with van der Waals surface area (Å²) in [5.74, 6) is 4.49. The molecular weight excluding hydrogens is 403 g/mol. The molecule has 1 nitrogen and oxygen atoms in total. The molecule has 0 aromatic rings. The summed E-state index contributed by atoms with van der Waals surface area (Å²) in [6, 6.07) is 0. The second-order valence-corrected chi connectivity index (χ2v) is 10.8. The van der Waals surface area contributed by atoms with Gasteiger partial charge < -0.3 is 11.4 Å². The van der Waals surface area contributed by atoms with Crippen molar-refractivity contribution < 1.29 is 32.7 Å². The molecule has 2 heteroatoms. The Bertz CT molecular complexity index is 593. The van der Waals surface area contributed by atoms with Crippen LogP contribution in [-0.4, -0.2) is 5.54 Å². The summed E-state index contributed by atoms with van der Waals surface area (Å²) in [7, 11) is 0. The molecular formula is C25H39NY-2. The quantitative estimate of drug-likeness (QED) is 0.264. The van der Waals surface area contributed by atoms with Crippen molar-refractivity contribution in [3.05, 3.63) is 31.4 Å². The standard InChI is InChI=1S/C22H34N.C3H5.Y/c1-14-5-8-20(3)16(11-14)12-15(2)19-17(20)6-9-21(4)18(19)7-10-22(21)13-23-22;1-3-2;/h13-14,16-19,23H,2,5-12H2,1,3-4H3;1H2,2H3;/q2*-1;. The zero-order chi connectivity index (χ0) is 18.7. The summed E-state index contributed by atoms with van der Waals surface area (Å²) in [5, 5.41) is 3.68. The second-order valence-electron chi connectivity index (χ2n) is 10.8. The van der Waals surface area contributed by atoms with Crippen molar-refractivity contribution in [3.63, 3.8) is 0 Å². The molecule has 8 unspecified atom stereocenters. The van der Waals surface area contributed by atoms with Crippen molar-refractivity contribution in [1.82, 2.24) is 5.32 Å². The van der Waals surface area contributed by atoms with E-state index in [9.17, 15) is 0 Å². The number of fused-ring (bicyclic) bond motifs is 6. The summed E-state index contributed by atoms with van der Waals surface area (Å²) < 4.78 is 0. The topological polar surface area (TPSA) is 21.9 Å². The second kappa shape index (κ2) is 7.66. The molecule has 0 bridgehead atoms. The Labute approximate surface area is 193 Å². The van der Waals surface area contributed by atoms with E-state index in [1.807, 2.05) is 0 Å². The summed E-state index contributed by atoms with van der Waals surface area (Å²) in [6.45, 7) is 19.8. The van der Waals surface area contributed by atoms with Crippen LogP contribution < -0.4 is 5.32 Å². The van der Waals surface area contributed by atoms with Gasteiger partial charge in [-0.3, -0.25) is 13.1 Å². The molecule has 0 amide bonds. The maximum Gasteiger partial charge on any atom is 0 e. The van der Waals surface area contributed by atoms with E-state index in [0.717, 1.165) is 29.6 Å². The van der Waals surface area contributed by atoms with Gasteiger partial charge in [-0.1, -0.05) is 52.2 Å². The summed E-state index contributed by atoms with van der Waals surface area (Å²) in [6.07, 6.45) is 13.9. The van der Waals surface area contributed by atoms with Crippen molar-refractivity contribution in [2.45, 2.75) is 84.6 Å². The Morgan fingerprint density at radius 2 is 1.74 bits per heavy atom. The van der Waals surface area contributed by atoms with Gasteiger partial charge in [0, 0.05) is 32.7 Å². The first-order valence-electron chi connectivity index (χ1n) is 11.0. The van der Waals surface area contributed by atoms with Crippen LogP contribution in [0.25, 0.3) is 0 Å².